The topological polar surface area (TPSA) is 73.9 Å². The third-order valence-corrected chi connectivity index (χ3v) is 1.57. The van der Waals surface area contributed by atoms with E-state index in [4.69, 9.17) is 31.8 Å². The van der Waals surface area contributed by atoms with Gasteiger partial charge in [-0.2, -0.15) is 0 Å². The van der Waals surface area contributed by atoms with E-state index in [1.807, 2.05) is 0 Å². The van der Waals surface area contributed by atoms with Gasteiger partial charge in [-0.25, -0.2) is 0 Å². The van der Waals surface area contributed by atoms with Crippen LogP contribution in [0.15, 0.2) is 0 Å². The van der Waals surface area contributed by atoms with Crippen LogP contribution in [0.3, 0.4) is 0 Å². The molecule has 0 aliphatic rings. The zero-order chi connectivity index (χ0) is 11.8. The Bertz CT molecular complexity index is 90.7. The minimum atomic E-state index is 0.382. The molecular weight excluding hydrogens is 282 g/mol. The van der Waals surface area contributed by atoms with Crippen LogP contribution in [0.5, 0.6) is 0 Å². The molecule has 96 valence electrons. The number of hydrogen-bond acceptors (Lipinski definition) is 3. The van der Waals surface area contributed by atoms with Gasteiger partial charge in [-0.1, -0.05) is 6.42 Å². The van der Waals surface area contributed by atoms with Crippen LogP contribution in [-0.4, -0.2) is 39.3 Å². The molecule has 0 aromatic carbocycles. The van der Waals surface area contributed by atoms with Crippen LogP contribution in [0, 0.1) is 0 Å². The summed E-state index contributed by atoms with van der Waals surface area (Å²) in [6, 6.07) is 0. The molecule has 5 N–H and O–H groups in total. The van der Waals surface area contributed by atoms with Crippen LogP contribution in [0.4, 0.5) is 0 Å². The summed E-state index contributed by atoms with van der Waals surface area (Å²) in [5.74, 6) is 0. The van der Waals surface area contributed by atoms with Gasteiger partial charge in [0.1, 0.15) is 0 Å². The van der Waals surface area contributed by atoms with Gasteiger partial charge in [0.05, 0.1) is 0 Å². The van der Waals surface area contributed by atoms with E-state index in [0.717, 1.165) is 45.6 Å². The molecule has 0 amide bonds. The number of halogens is 2. The molecule has 0 atom stereocenters. The van der Waals surface area contributed by atoms with Crippen molar-refractivity contribution in [3.05, 3.63) is 5.73 Å². The van der Waals surface area contributed by atoms with Crippen molar-refractivity contribution in [2.45, 2.75) is 12.8 Å². The van der Waals surface area contributed by atoms with Crippen molar-refractivity contribution in [1.29, 1.82) is 0 Å². The van der Waals surface area contributed by atoms with E-state index in [2.05, 4.69) is 10.6 Å². The first kappa shape index (κ1) is 18.3. The van der Waals surface area contributed by atoms with Gasteiger partial charge in [0.2, 0.25) is 0 Å². The average molecular weight is 303 g/mol. The molecular formula is C8H21Cl2CoN4. The van der Waals surface area contributed by atoms with Crippen molar-refractivity contribution in [2.75, 3.05) is 39.3 Å². The van der Waals surface area contributed by atoms with Gasteiger partial charge < -0.3 is 22.1 Å². The van der Waals surface area contributed by atoms with Gasteiger partial charge in [-0.15, -0.1) is 6.54 Å². The fourth-order valence-corrected chi connectivity index (χ4v) is 0.867. The van der Waals surface area contributed by atoms with E-state index in [9.17, 15) is 0 Å². The maximum atomic E-state index is 6.90. The van der Waals surface area contributed by atoms with Crippen LogP contribution in [0.1, 0.15) is 12.8 Å². The molecule has 0 rings (SSSR count). The number of nitrogens with one attached hydrogen (secondary N) is 3. The summed E-state index contributed by atoms with van der Waals surface area (Å²) < 4.78 is 0. The van der Waals surface area contributed by atoms with Crippen LogP contribution in [0.2, 0.25) is 0 Å². The molecule has 0 heterocycles. The smallest absolute Gasteiger partial charge is 0.00767 e. The minimum absolute atomic E-state index is 0.382. The number of nitrogens with two attached hydrogens (primary N) is 1. The second-order valence-corrected chi connectivity index (χ2v) is 4.51. The first-order valence-corrected chi connectivity index (χ1v) is 7.79. The van der Waals surface area contributed by atoms with Gasteiger partial charge in [0.15, 0.2) is 0 Å². The molecule has 0 unspecified atom stereocenters. The third kappa shape index (κ3) is 25.3. The second kappa shape index (κ2) is 20.4. The molecule has 0 radical (unpaired) electrons. The molecule has 0 aliphatic carbocycles. The van der Waals surface area contributed by atoms with Gasteiger partial charge in [-0.05, 0) is 26.1 Å². The van der Waals surface area contributed by atoms with E-state index < -0.39 is 0 Å². The minimum Gasteiger partial charge on any atom is -0.677 e. The van der Waals surface area contributed by atoms with Crippen LogP contribution < -0.4 is 16.4 Å². The van der Waals surface area contributed by atoms with Crippen molar-refractivity contribution >= 4 is 20.3 Å². The molecule has 0 spiro atoms. The van der Waals surface area contributed by atoms with E-state index in [-0.39, 0.29) is 0 Å². The Morgan fingerprint density at radius 3 is 1.87 bits per heavy atom. The Morgan fingerprint density at radius 2 is 1.47 bits per heavy atom. The van der Waals surface area contributed by atoms with E-state index in [0.29, 0.717) is 19.4 Å². The van der Waals surface area contributed by atoms with Gasteiger partial charge >= 0.3 is 33.2 Å². The quantitative estimate of drug-likeness (QED) is 0.563. The van der Waals surface area contributed by atoms with E-state index in [1.54, 1.807) is 0 Å². The summed E-state index contributed by atoms with van der Waals surface area (Å²) in [7, 11) is 9.47. The number of hydrogen-bond donors (Lipinski definition) is 3. The molecule has 0 saturated carbocycles. The summed E-state index contributed by atoms with van der Waals surface area (Å²) in [4.78, 5) is 0. The Morgan fingerprint density at radius 1 is 1.00 bits per heavy atom. The van der Waals surface area contributed by atoms with Crippen LogP contribution in [0.25, 0.3) is 5.73 Å². The molecule has 0 fully saturated rings. The van der Waals surface area contributed by atoms with Crippen molar-refractivity contribution in [3.63, 3.8) is 0 Å². The Hall–Kier alpha value is 0.926. The monoisotopic (exact) mass is 302 g/mol. The first-order valence-electron chi connectivity index (χ1n) is 4.93. The predicted molar refractivity (Wildman–Crippen MR) is 64.9 cm³/mol. The standard InChI is InChI=1S/C8H21N4.2ClH.Co/c9-3-1-5-11-7-8-12-6-2-4-10;;;/h9,11-12H,1-8,10H2;2*1H;/q-1;;;+3/p-2. The summed E-state index contributed by atoms with van der Waals surface area (Å²) in [6.45, 7) is 5.24. The summed E-state index contributed by atoms with van der Waals surface area (Å²) in [5, 5.41) is 6.52. The maximum Gasteiger partial charge on any atom is 0.00767 e. The summed E-state index contributed by atoms with van der Waals surface area (Å²) in [6.07, 6.45) is 2.00. The molecule has 7 heteroatoms. The summed E-state index contributed by atoms with van der Waals surface area (Å²) in [5.41, 5.74) is 12.2. The Balaban J connectivity index is 0. The molecule has 0 bridgehead atoms. The maximum absolute atomic E-state index is 6.90. The molecule has 0 aliphatic heterocycles. The Labute approximate surface area is 107 Å². The van der Waals surface area contributed by atoms with Crippen molar-refractivity contribution in [2.24, 2.45) is 5.73 Å². The van der Waals surface area contributed by atoms with Crippen LogP contribution in [-0.2, 0) is 12.9 Å². The fourth-order valence-electron chi connectivity index (χ4n) is 0.867. The predicted octanol–water partition coefficient (Wildman–Crippen LogP) is 1.33. The molecule has 4 nitrogen and oxygen atoms in total. The first-order chi connectivity index (χ1) is 7.33. The normalized spacial score (nSPS) is 9.87. The van der Waals surface area contributed by atoms with Gasteiger partial charge in [0.25, 0.3) is 0 Å². The largest absolute Gasteiger partial charge is 0.677 e. The third-order valence-electron chi connectivity index (χ3n) is 1.57. The number of rotatable bonds is 9. The summed E-state index contributed by atoms with van der Waals surface area (Å²) >= 11 is 0.382. The molecule has 0 saturated heterocycles. The van der Waals surface area contributed by atoms with Gasteiger partial charge in [-0.3, -0.25) is 0 Å². The van der Waals surface area contributed by atoms with Crippen LogP contribution >= 0.6 is 20.3 Å². The SMILES string of the molecule is [Cl][Co+][Cl].[NH-]CCCNCCNCCCN. The van der Waals surface area contributed by atoms with E-state index in [1.165, 1.54) is 0 Å². The fraction of sp³-hybridized carbons (Fsp3) is 1.00. The second-order valence-electron chi connectivity index (χ2n) is 2.79. The zero-order valence-corrected chi connectivity index (χ0v) is 11.4. The van der Waals surface area contributed by atoms with E-state index >= 15 is 0 Å². The van der Waals surface area contributed by atoms with Crippen molar-refractivity contribution in [1.82, 2.24) is 10.6 Å². The molecule has 15 heavy (non-hydrogen) atoms. The van der Waals surface area contributed by atoms with Crippen molar-refractivity contribution in [3.8, 4) is 0 Å². The average Bonchev–Trinajstić information content (AvgIpc) is 2.23. The van der Waals surface area contributed by atoms with Crippen molar-refractivity contribution < 1.29 is 12.9 Å². The molecule has 0 aromatic heterocycles. The van der Waals surface area contributed by atoms with Gasteiger partial charge in [0, 0.05) is 13.1 Å². The molecule has 0 aromatic rings. The zero-order valence-electron chi connectivity index (χ0n) is 8.82. The Kier molecular flexibility index (Phi) is 24.8.